The highest BCUT2D eigenvalue weighted by Gasteiger charge is 2.23. The van der Waals surface area contributed by atoms with E-state index in [0.29, 0.717) is 0 Å². The molecule has 1 aliphatic heterocycles. The molecule has 0 fully saturated rings. The molecule has 1 aromatic heterocycles. The number of halogens is 1. The highest BCUT2D eigenvalue weighted by molar-refractivity contribution is 5.84. The van der Waals surface area contributed by atoms with Crippen molar-refractivity contribution < 1.29 is 9.29 Å². The maximum absolute atomic E-state index is 13.0. The first kappa shape index (κ1) is 12.6. The van der Waals surface area contributed by atoms with Crippen molar-refractivity contribution in [2.75, 3.05) is 6.54 Å². The number of hydrogen-bond donors (Lipinski definition) is 2. The molecule has 1 atom stereocenters. The van der Waals surface area contributed by atoms with Crippen molar-refractivity contribution in [2.45, 2.75) is 19.5 Å². The molecule has 0 saturated heterocycles. The zero-order valence-electron chi connectivity index (χ0n) is 11.8. The normalized spacial score (nSPS) is 17.9. The second-order valence-electron chi connectivity index (χ2n) is 5.86. The molecule has 0 aliphatic carbocycles. The summed E-state index contributed by atoms with van der Waals surface area (Å²) in [5, 5.41) is 1.37. The predicted octanol–water partition coefficient (Wildman–Crippen LogP) is 2.45. The second kappa shape index (κ2) is 5.01. The van der Waals surface area contributed by atoms with Gasteiger partial charge in [0.1, 0.15) is 18.9 Å². The van der Waals surface area contributed by atoms with E-state index >= 15 is 0 Å². The lowest BCUT2D eigenvalue weighted by atomic mass is 10.0. The number of nitrogens with one attached hydrogen (secondary N) is 2. The molecule has 2 nitrogen and oxygen atoms in total. The monoisotopic (exact) mass is 281 g/mol. The predicted molar refractivity (Wildman–Crippen MR) is 81.6 cm³/mol. The lowest BCUT2D eigenvalue weighted by molar-refractivity contribution is -0.929. The SMILES string of the molecule is Fc1ccc(C[NH+]2CCc3c([nH]c4ccccc34)C2)cc1. The van der Waals surface area contributed by atoms with Gasteiger partial charge in [0.15, 0.2) is 0 Å². The average Bonchev–Trinajstić information content (AvgIpc) is 2.87. The molecule has 21 heavy (non-hydrogen) atoms. The average molecular weight is 281 g/mol. The summed E-state index contributed by atoms with van der Waals surface area (Å²) in [7, 11) is 0. The van der Waals surface area contributed by atoms with Gasteiger partial charge in [0.25, 0.3) is 0 Å². The lowest BCUT2D eigenvalue weighted by Crippen LogP contribution is -3.10. The third-order valence-corrected chi connectivity index (χ3v) is 4.42. The van der Waals surface area contributed by atoms with Gasteiger partial charge in [-0.3, -0.25) is 0 Å². The smallest absolute Gasteiger partial charge is 0.123 e. The largest absolute Gasteiger partial charge is 0.354 e. The number of quaternary nitrogens is 1. The van der Waals surface area contributed by atoms with Gasteiger partial charge in [0, 0.05) is 22.9 Å². The van der Waals surface area contributed by atoms with Crippen LogP contribution in [-0.4, -0.2) is 11.5 Å². The first-order valence-corrected chi connectivity index (χ1v) is 7.46. The van der Waals surface area contributed by atoms with Gasteiger partial charge >= 0.3 is 0 Å². The molecule has 3 aromatic rings. The van der Waals surface area contributed by atoms with Gasteiger partial charge in [0.05, 0.1) is 12.2 Å². The Morgan fingerprint density at radius 1 is 1.05 bits per heavy atom. The summed E-state index contributed by atoms with van der Waals surface area (Å²) in [6.07, 6.45) is 1.11. The van der Waals surface area contributed by atoms with Gasteiger partial charge < -0.3 is 9.88 Å². The lowest BCUT2D eigenvalue weighted by Gasteiger charge is -2.24. The molecule has 4 rings (SSSR count). The van der Waals surface area contributed by atoms with Crippen molar-refractivity contribution in [3.8, 4) is 0 Å². The van der Waals surface area contributed by atoms with Crippen LogP contribution in [0.3, 0.4) is 0 Å². The van der Waals surface area contributed by atoms with Gasteiger partial charge in [-0.1, -0.05) is 30.3 Å². The molecule has 106 valence electrons. The third-order valence-electron chi connectivity index (χ3n) is 4.42. The quantitative estimate of drug-likeness (QED) is 0.720. The summed E-state index contributed by atoms with van der Waals surface area (Å²) < 4.78 is 13.0. The van der Waals surface area contributed by atoms with Crippen LogP contribution in [0, 0.1) is 5.82 Å². The Bertz CT molecular complexity index is 774. The first-order chi connectivity index (χ1) is 10.3. The van der Waals surface area contributed by atoms with Crippen LogP contribution >= 0.6 is 0 Å². The number of aromatic nitrogens is 1. The fraction of sp³-hybridized carbons (Fsp3) is 0.222. The van der Waals surface area contributed by atoms with Gasteiger partial charge in [0.2, 0.25) is 0 Å². The van der Waals surface area contributed by atoms with Crippen LogP contribution in [0.4, 0.5) is 4.39 Å². The van der Waals surface area contributed by atoms with Crippen LogP contribution in [0.5, 0.6) is 0 Å². The van der Waals surface area contributed by atoms with E-state index in [1.807, 2.05) is 12.1 Å². The highest BCUT2D eigenvalue weighted by Crippen LogP contribution is 2.23. The zero-order chi connectivity index (χ0) is 14.2. The Hall–Kier alpha value is -2.13. The van der Waals surface area contributed by atoms with E-state index in [1.54, 1.807) is 12.1 Å². The maximum atomic E-state index is 13.0. The summed E-state index contributed by atoms with van der Waals surface area (Å²) in [5.41, 5.74) is 5.28. The van der Waals surface area contributed by atoms with Gasteiger partial charge in [-0.15, -0.1) is 0 Å². The standard InChI is InChI=1S/C18H17FN2/c19-14-7-5-13(6-8-14)11-21-10-9-16-15-3-1-2-4-17(15)20-18(16)12-21/h1-8,20H,9-12H2/p+1. The van der Waals surface area contributed by atoms with Crippen LogP contribution in [-0.2, 0) is 19.5 Å². The Morgan fingerprint density at radius 2 is 1.86 bits per heavy atom. The Kier molecular flexibility index (Phi) is 3.00. The van der Waals surface area contributed by atoms with Crippen molar-refractivity contribution >= 4 is 10.9 Å². The minimum atomic E-state index is -0.162. The van der Waals surface area contributed by atoms with Gasteiger partial charge in [-0.05, 0) is 23.8 Å². The second-order valence-corrected chi connectivity index (χ2v) is 5.86. The van der Waals surface area contributed by atoms with Crippen LogP contribution in [0.1, 0.15) is 16.8 Å². The van der Waals surface area contributed by atoms with Crippen molar-refractivity contribution in [1.82, 2.24) is 4.98 Å². The molecule has 1 unspecified atom stereocenters. The number of rotatable bonds is 2. The number of aromatic amines is 1. The van der Waals surface area contributed by atoms with Crippen molar-refractivity contribution in [1.29, 1.82) is 0 Å². The number of hydrogen-bond acceptors (Lipinski definition) is 0. The number of fused-ring (bicyclic) bond motifs is 3. The summed E-state index contributed by atoms with van der Waals surface area (Å²) in [6.45, 7) is 3.10. The molecule has 0 saturated carbocycles. The van der Waals surface area contributed by atoms with Crippen molar-refractivity contribution in [2.24, 2.45) is 0 Å². The minimum Gasteiger partial charge on any atom is -0.354 e. The molecule has 2 aromatic carbocycles. The minimum absolute atomic E-state index is 0.162. The summed E-state index contributed by atoms with van der Waals surface area (Å²) in [4.78, 5) is 5.09. The number of benzene rings is 2. The topological polar surface area (TPSA) is 20.2 Å². The molecule has 2 heterocycles. The van der Waals surface area contributed by atoms with Gasteiger partial charge in [-0.2, -0.15) is 0 Å². The molecule has 0 spiro atoms. The van der Waals surface area contributed by atoms with Crippen LogP contribution in [0.15, 0.2) is 48.5 Å². The molecular weight excluding hydrogens is 263 g/mol. The first-order valence-electron chi connectivity index (χ1n) is 7.46. The molecular formula is C18H18FN2+. The van der Waals surface area contributed by atoms with Gasteiger partial charge in [-0.25, -0.2) is 4.39 Å². The molecule has 2 N–H and O–H groups in total. The summed E-state index contributed by atoms with van der Waals surface area (Å²) >= 11 is 0. The highest BCUT2D eigenvalue weighted by atomic mass is 19.1. The fourth-order valence-electron chi connectivity index (χ4n) is 3.37. The van der Waals surface area contributed by atoms with E-state index < -0.39 is 0 Å². The van der Waals surface area contributed by atoms with Crippen molar-refractivity contribution in [3.05, 3.63) is 71.2 Å². The van der Waals surface area contributed by atoms with Crippen LogP contribution in [0.25, 0.3) is 10.9 Å². The van der Waals surface area contributed by atoms with E-state index in [2.05, 4.69) is 29.2 Å². The Labute approximate surface area is 123 Å². The number of para-hydroxylation sites is 1. The van der Waals surface area contributed by atoms with E-state index in [0.717, 1.165) is 26.1 Å². The van der Waals surface area contributed by atoms with Crippen molar-refractivity contribution in [3.63, 3.8) is 0 Å². The van der Waals surface area contributed by atoms with E-state index in [1.165, 1.54) is 32.6 Å². The summed E-state index contributed by atoms with van der Waals surface area (Å²) in [5.74, 6) is -0.162. The number of H-pyrrole nitrogens is 1. The van der Waals surface area contributed by atoms with E-state index in [-0.39, 0.29) is 5.82 Å². The van der Waals surface area contributed by atoms with Crippen LogP contribution < -0.4 is 4.90 Å². The molecule has 0 amide bonds. The molecule has 1 aliphatic rings. The Morgan fingerprint density at radius 3 is 2.71 bits per heavy atom. The molecule has 3 heteroatoms. The molecule has 0 bridgehead atoms. The zero-order valence-corrected chi connectivity index (χ0v) is 11.8. The maximum Gasteiger partial charge on any atom is 0.123 e. The van der Waals surface area contributed by atoms with E-state index in [9.17, 15) is 4.39 Å². The van der Waals surface area contributed by atoms with Crippen LogP contribution in [0.2, 0.25) is 0 Å². The third kappa shape index (κ3) is 2.34. The summed E-state index contributed by atoms with van der Waals surface area (Å²) in [6, 6.07) is 15.4. The van der Waals surface area contributed by atoms with E-state index in [4.69, 9.17) is 0 Å². The fourth-order valence-corrected chi connectivity index (χ4v) is 3.37. The molecule has 0 radical (unpaired) electrons. The Balaban J connectivity index is 1.57.